The molecule has 0 unspecified atom stereocenters. The molecule has 0 fully saturated rings. The van der Waals surface area contributed by atoms with Gasteiger partial charge in [-0.3, -0.25) is 0 Å². The Morgan fingerprint density at radius 2 is 1.29 bits per heavy atom. The van der Waals surface area contributed by atoms with Crippen molar-refractivity contribution in [3.8, 4) is 11.1 Å². The van der Waals surface area contributed by atoms with Crippen LogP contribution in [-0.2, 0) is 18.1 Å². The molecule has 0 radical (unpaired) electrons. The molecule has 0 aliphatic carbocycles. The van der Waals surface area contributed by atoms with Crippen LogP contribution in [0.15, 0.2) is 66.1 Å². The highest BCUT2D eigenvalue weighted by atomic mass is 32.2. The van der Waals surface area contributed by atoms with Crippen molar-refractivity contribution >= 4 is 11.8 Å². The van der Waals surface area contributed by atoms with Crippen molar-refractivity contribution in [2.24, 2.45) is 0 Å². The normalized spacial score (nSPS) is 12.2. The molecule has 2 aromatic carbocycles. The highest BCUT2D eigenvalue weighted by molar-refractivity contribution is 7.98. The smallest absolute Gasteiger partial charge is 0.230 e. The summed E-state index contributed by atoms with van der Waals surface area (Å²) in [6.07, 6.45) is -6.09. The van der Waals surface area contributed by atoms with Gasteiger partial charge in [0.05, 0.1) is 11.1 Å². The summed E-state index contributed by atoms with van der Waals surface area (Å²) in [5.41, 5.74) is -0.302. The maximum Gasteiger partial charge on any atom is 0.416 e. The molecule has 0 bridgehead atoms. The first-order valence-electron chi connectivity index (χ1n) is 7.91. The molecule has 1 aromatic heterocycles. The Labute approximate surface area is 160 Å². The van der Waals surface area contributed by atoms with Crippen LogP contribution in [0.2, 0.25) is 0 Å². The van der Waals surface area contributed by atoms with Crippen molar-refractivity contribution in [1.29, 1.82) is 0 Å². The van der Waals surface area contributed by atoms with E-state index in [2.05, 4.69) is 9.97 Å². The van der Waals surface area contributed by atoms with Crippen molar-refractivity contribution in [2.75, 3.05) is 0 Å². The molecule has 0 N–H and O–H groups in total. The first kappa shape index (κ1) is 20.2. The zero-order valence-electron chi connectivity index (χ0n) is 14.1. The van der Waals surface area contributed by atoms with E-state index in [4.69, 9.17) is 0 Å². The largest absolute Gasteiger partial charge is 0.416 e. The van der Waals surface area contributed by atoms with E-state index < -0.39 is 23.5 Å². The van der Waals surface area contributed by atoms with Crippen LogP contribution in [0.25, 0.3) is 11.1 Å². The molecule has 3 aromatic rings. The third kappa shape index (κ3) is 5.03. The van der Waals surface area contributed by atoms with Crippen molar-refractivity contribution in [3.05, 3.63) is 77.6 Å². The van der Waals surface area contributed by atoms with Gasteiger partial charge >= 0.3 is 12.4 Å². The van der Waals surface area contributed by atoms with Crippen LogP contribution < -0.4 is 0 Å². The van der Waals surface area contributed by atoms with E-state index in [1.165, 1.54) is 30.6 Å². The minimum atomic E-state index is -4.45. The molecule has 1 heterocycles. The molecule has 0 amide bonds. The summed E-state index contributed by atoms with van der Waals surface area (Å²) in [7, 11) is 0. The molecule has 0 aliphatic heterocycles. The fourth-order valence-electron chi connectivity index (χ4n) is 2.40. The molecule has 9 heteroatoms. The lowest BCUT2D eigenvalue weighted by atomic mass is 10.1. The van der Waals surface area contributed by atoms with Crippen LogP contribution in [-0.4, -0.2) is 9.97 Å². The number of halogens is 6. The van der Waals surface area contributed by atoms with Gasteiger partial charge in [-0.25, -0.2) is 9.97 Å². The Balaban J connectivity index is 1.70. The zero-order valence-corrected chi connectivity index (χ0v) is 14.9. The molecule has 0 aliphatic rings. The number of nitrogens with zero attached hydrogens (tertiary/aromatic N) is 2. The lowest BCUT2D eigenvalue weighted by Crippen LogP contribution is -2.05. The fourth-order valence-corrected chi connectivity index (χ4v) is 3.13. The SMILES string of the molecule is FC(F)(F)c1cccc(CSc2ncc(-c3cccc(C(F)(F)F)c3)cn2)c1. The van der Waals surface area contributed by atoms with Crippen molar-refractivity contribution < 1.29 is 26.3 Å². The standard InChI is InChI=1S/C19H12F6N2S/c20-18(21,22)15-5-1-3-12(7-15)11-28-17-26-9-14(10-27-17)13-4-2-6-16(8-13)19(23,24)25/h1-10H,11H2. The predicted octanol–water partition coefficient (Wildman–Crippen LogP) is 6.47. The molecule has 3 rings (SSSR count). The third-order valence-electron chi connectivity index (χ3n) is 3.77. The summed E-state index contributed by atoms with van der Waals surface area (Å²) in [6, 6.07) is 9.75. The second-order valence-corrected chi connectivity index (χ2v) is 6.76. The van der Waals surface area contributed by atoms with Crippen LogP contribution in [0, 0.1) is 0 Å². The summed E-state index contributed by atoms with van der Waals surface area (Å²) in [4.78, 5) is 8.16. The van der Waals surface area contributed by atoms with Crippen LogP contribution in [0.1, 0.15) is 16.7 Å². The molecular formula is C19H12F6N2S. The molecule has 0 spiro atoms. The average molecular weight is 414 g/mol. The fraction of sp³-hybridized carbons (Fsp3) is 0.158. The van der Waals surface area contributed by atoms with Gasteiger partial charge in [-0.15, -0.1) is 0 Å². The summed E-state index contributed by atoms with van der Waals surface area (Å²) < 4.78 is 76.6. The van der Waals surface area contributed by atoms with E-state index in [1.807, 2.05) is 0 Å². The Hall–Kier alpha value is -2.55. The second kappa shape index (κ2) is 7.83. The van der Waals surface area contributed by atoms with E-state index in [1.54, 1.807) is 6.07 Å². The summed E-state index contributed by atoms with van der Waals surface area (Å²) in [5.74, 6) is 0.229. The molecule has 0 saturated heterocycles. The van der Waals surface area contributed by atoms with Gasteiger partial charge in [-0.1, -0.05) is 42.1 Å². The lowest BCUT2D eigenvalue weighted by molar-refractivity contribution is -0.138. The predicted molar refractivity (Wildman–Crippen MR) is 93.5 cm³/mol. The summed E-state index contributed by atoms with van der Waals surface area (Å²) >= 11 is 1.13. The number of thioether (sulfide) groups is 1. The van der Waals surface area contributed by atoms with Gasteiger partial charge < -0.3 is 0 Å². The monoisotopic (exact) mass is 414 g/mol. The van der Waals surface area contributed by atoms with Gasteiger partial charge in [-0.2, -0.15) is 26.3 Å². The molecule has 28 heavy (non-hydrogen) atoms. The van der Waals surface area contributed by atoms with E-state index in [0.717, 1.165) is 36.0 Å². The number of aromatic nitrogens is 2. The van der Waals surface area contributed by atoms with Gasteiger partial charge in [0.2, 0.25) is 0 Å². The lowest BCUT2D eigenvalue weighted by Gasteiger charge is -2.09. The van der Waals surface area contributed by atoms with Crippen molar-refractivity contribution in [1.82, 2.24) is 9.97 Å². The van der Waals surface area contributed by atoms with Crippen molar-refractivity contribution in [3.63, 3.8) is 0 Å². The third-order valence-corrected chi connectivity index (χ3v) is 4.72. The Kier molecular flexibility index (Phi) is 5.64. The van der Waals surface area contributed by atoms with Crippen LogP contribution >= 0.6 is 11.8 Å². The molecule has 0 saturated carbocycles. The van der Waals surface area contributed by atoms with Gasteiger partial charge in [0, 0.05) is 23.7 Å². The van der Waals surface area contributed by atoms with Gasteiger partial charge in [0.25, 0.3) is 0 Å². The minimum absolute atomic E-state index is 0.229. The van der Waals surface area contributed by atoms with E-state index in [0.29, 0.717) is 21.8 Å². The quantitative estimate of drug-likeness (QED) is 0.278. The Morgan fingerprint density at radius 1 is 0.714 bits per heavy atom. The number of hydrogen-bond acceptors (Lipinski definition) is 3. The molecule has 0 atom stereocenters. The van der Waals surface area contributed by atoms with Gasteiger partial charge in [0.1, 0.15) is 0 Å². The zero-order chi connectivity index (χ0) is 20.4. The number of benzene rings is 2. The molecule has 2 nitrogen and oxygen atoms in total. The van der Waals surface area contributed by atoms with Gasteiger partial charge in [-0.05, 0) is 29.3 Å². The topological polar surface area (TPSA) is 25.8 Å². The van der Waals surface area contributed by atoms with Gasteiger partial charge in [0.15, 0.2) is 5.16 Å². The molecule has 146 valence electrons. The average Bonchev–Trinajstić information content (AvgIpc) is 2.66. The first-order chi connectivity index (χ1) is 13.1. The highest BCUT2D eigenvalue weighted by Gasteiger charge is 2.31. The van der Waals surface area contributed by atoms with Crippen molar-refractivity contribution in [2.45, 2.75) is 23.3 Å². The Morgan fingerprint density at radius 3 is 1.89 bits per heavy atom. The number of alkyl halides is 6. The maximum atomic E-state index is 12.8. The van der Waals surface area contributed by atoms with Crippen LogP contribution in [0.3, 0.4) is 0 Å². The van der Waals surface area contributed by atoms with E-state index >= 15 is 0 Å². The van der Waals surface area contributed by atoms with Crippen LogP contribution in [0.5, 0.6) is 0 Å². The minimum Gasteiger partial charge on any atom is -0.230 e. The maximum absolute atomic E-state index is 12.8. The first-order valence-corrected chi connectivity index (χ1v) is 8.90. The summed E-state index contributed by atoms with van der Waals surface area (Å²) in [6.45, 7) is 0. The number of rotatable bonds is 4. The highest BCUT2D eigenvalue weighted by Crippen LogP contribution is 2.33. The molecular weight excluding hydrogens is 402 g/mol. The second-order valence-electron chi connectivity index (χ2n) is 5.82. The van der Waals surface area contributed by atoms with E-state index in [9.17, 15) is 26.3 Å². The number of hydrogen-bond donors (Lipinski definition) is 0. The van der Waals surface area contributed by atoms with E-state index in [-0.39, 0.29) is 5.75 Å². The Bertz CT molecular complexity index is 952. The summed E-state index contributed by atoms with van der Waals surface area (Å²) in [5, 5.41) is 0.313. The van der Waals surface area contributed by atoms with Crippen LogP contribution in [0.4, 0.5) is 26.3 Å².